The minimum atomic E-state index is -0.0657. The second-order valence-corrected chi connectivity index (χ2v) is 4.28. The van der Waals surface area contributed by atoms with E-state index in [0.717, 1.165) is 37.4 Å². The van der Waals surface area contributed by atoms with Gasteiger partial charge in [-0.25, -0.2) is 0 Å². The number of hydrogen-bond donors (Lipinski definition) is 2. The molecule has 0 radical (unpaired) electrons. The average Bonchev–Trinajstić information content (AvgIpc) is 2.30. The van der Waals surface area contributed by atoms with Crippen molar-refractivity contribution in [1.29, 1.82) is 0 Å². The van der Waals surface area contributed by atoms with Gasteiger partial charge in [-0.15, -0.1) is 0 Å². The highest BCUT2D eigenvalue weighted by atomic mass is 16.5. The second kappa shape index (κ2) is 5.68. The molecule has 0 spiro atoms. The Labute approximate surface area is 101 Å². The lowest BCUT2D eigenvalue weighted by atomic mass is 10.1. The summed E-state index contributed by atoms with van der Waals surface area (Å²) in [6.07, 6.45) is 2.35. The summed E-state index contributed by atoms with van der Waals surface area (Å²) >= 11 is 0. The fourth-order valence-corrected chi connectivity index (χ4v) is 1.96. The van der Waals surface area contributed by atoms with Crippen molar-refractivity contribution in [1.82, 2.24) is 5.32 Å². The molecule has 92 valence electrons. The van der Waals surface area contributed by atoms with Crippen LogP contribution in [-0.2, 0) is 4.79 Å². The third-order valence-electron chi connectivity index (χ3n) is 2.74. The van der Waals surface area contributed by atoms with E-state index < -0.39 is 0 Å². The molecule has 0 atom stereocenters. The van der Waals surface area contributed by atoms with Crippen LogP contribution in [0.4, 0.5) is 5.69 Å². The van der Waals surface area contributed by atoms with Crippen LogP contribution in [-0.4, -0.2) is 25.1 Å². The summed E-state index contributed by atoms with van der Waals surface area (Å²) in [6, 6.07) is 7.54. The van der Waals surface area contributed by atoms with Gasteiger partial charge >= 0.3 is 0 Å². The van der Waals surface area contributed by atoms with Crippen LogP contribution < -0.4 is 15.4 Å². The fourth-order valence-electron chi connectivity index (χ4n) is 1.96. The number of piperidine rings is 1. The maximum Gasteiger partial charge on any atom is 0.221 e. The van der Waals surface area contributed by atoms with E-state index in [2.05, 4.69) is 10.6 Å². The lowest BCUT2D eigenvalue weighted by Crippen LogP contribution is -2.34. The lowest BCUT2D eigenvalue weighted by Gasteiger charge is -2.24. The van der Waals surface area contributed by atoms with Crippen LogP contribution in [0.5, 0.6) is 5.75 Å². The SMILES string of the molecule is CC(=O)Nc1cccc(OC2CCNCC2)c1. The molecule has 4 heteroatoms. The third kappa shape index (κ3) is 3.75. The monoisotopic (exact) mass is 234 g/mol. The minimum Gasteiger partial charge on any atom is -0.490 e. The molecular weight excluding hydrogens is 216 g/mol. The van der Waals surface area contributed by atoms with Crippen LogP contribution in [0.25, 0.3) is 0 Å². The molecule has 0 unspecified atom stereocenters. The van der Waals surface area contributed by atoms with E-state index in [1.54, 1.807) is 0 Å². The Morgan fingerprint density at radius 1 is 1.41 bits per heavy atom. The van der Waals surface area contributed by atoms with Crippen LogP contribution >= 0.6 is 0 Å². The van der Waals surface area contributed by atoms with E-state index in [1.165, 1.54) is 6.92 Å². The van der Waals surface area contributed by atoms with E-state index >= 15 is 0 Å². The summed E-state index contributed by atoms with van der Waals surface area (Å²) in [5.41, 5.74) is 0.781. The topological polar surface area (TPSA) is 50.4 Å². The first-order chi connectivity index (χ1) is 8.24. The molecule has 1 amide bonds. The first kappa shape index (κ1) is 11.9. The molecule has 1 saturated heterocycles. The van der Waals surface area contributed by atoms with Crippen LogP contribution in [0, 0.1) is 0 Å². The van der Waals surface area contributed by atoms with Gasteiger partial charge in [0.2, 0.25) is 5.91 Å². The number of ether oxygens (including phenoxy) is 1. The highest BCUT2D eigenvalue weighted by Gasteiger charge is 2.14. The van der Waals surface area contributed by atoms with Crippen molar-refractivity contribution in [2.75, 3.05) is 18.4 Å². The maximum absolute atomic E-state index is 11.0. The Bertz CT molecular complexity index is 387. The number of amides is 1. The Morgan fingerprint density at radius 3 is 2.88 bits per heavy atom. The normalized spacial score (nSPS) is 16.5. The van der Waals surface area contributed by atoms with E-state index in [0.29, 0.717) is 0 Å². The predicted octanol–water partition coefficient (Wildman–Crippen LogP) is 1.78. The molecule has 1 heterocycles. The molecule has 2 rings (SSSR count). The van der Waals surface area contributed by atoms with E-state index in [9.17, 15) is 4.79 Å². The number of carbonyl (C=O) groups excluding carboxylic acids is 1. The number of rotatable bonds is 3. The van der Waals surface area contributed by atoms with Gasteiger partial charge in [0.1, 0.15) is 11.9 Å². The van der Waals surface area contributed by atoms with Crippen molar-refractivity contribution in [2.45, 2.75) is 25.9 Å². The third-order valence-corrected chi connectivity index (χ3v) is 2.74. The molecule has 1 aliphatic heterocycles. The van der Waals surface area contributed by atoms with Gasteiger partial charge in [0.15, 0.2) is 0 Å². The summed E-state index contributed by atoms with van der Waals surface area (Å²) in [5, 5.41) is 6.05. The predicted molar refractivity (Wildman–Crippen MR) is 67.3 cm³/mol. The van der Waals surface area contributed by atoms with Crippen LogP contribution in [0.2, 0.25) is 0 Å². The summed E-state index contributed by atoms with van der Waals surface area (Å²) < 4.78 is 5.89. The highest BCUT2D eigenvalue weighted by molar-refractivity contribution is 5.88. The van der Waals surface area contributed by atoms with E-state index in [1.807, 2.05) is 24.3 Å². The zero-order valence-corrected chi connectivity index (χ0v) is 10.0. The van der Waals surface area contributed by atoms with Crippen molar-refractivity contribution in [3.8, 4) is 5.75 Å². The molecule has 17 heavy (non-hydrogen) atoms. The Kier molecular flexibility index (Phi) is 3.98. The summed E-state index contributed by atoms with van der Waals surface area (Å²) in [5.74, 6) is 0.757. The van der Waals surface area contributed by atoms with Crippen molar-refractivity contribution in [3.63, 3.8) is 0 Å². The molecule has 0 bridgehead atoms. The van der Waals surface area contributed by atoms with Gasteiger partial charge in [-0.05, 0) is 38.1 Å². The Morgan fingerprint density at radius 2 is 2.18 bits per heavy atom. The molecule has 0 saturated carbocycles. The molecular formula is C13H18N2O2. The van der Waals surface area contributed by atoms with Crippen molar-refractivity contribution in [2.24, 2.45) is 0 Å². The smallest absolute Gasteiger partial charge is 0.221 e. The number of hydrogen-bond acceptors (Lipinski definition) is 3. The van der Waals surface area contributed by atoms with Gasteiger partial charge in [-0.2, -0.15) is 0 Å². The molecule has 0 aliphatic carbocycles. The number of benzene rings is 1. The van der Waals surface area contributed by atoms with Gasteiger partial charge in [0.05, 0.1) is 0 Å². The molecule has 1 aromatic carbocycles. The van der Waals surface area contributed by atoms with Crippen molar-refractivity contribution < 1.29 is 9.53 Å². The van der Waals surface area contributed by atoms with Gasteiger partial charge in [0, 0.05) is 18.7 Å². The summed E-state index contributed by atoms with van der Waals surface area (Å²) in [4.78, 5) is 11.0. The largest absolute Gasteiger partial charge is 0.490 e. The van der Waals surface area contributed by atoms with Gasteiger partial charge in [-0.3, -0.25) is 4.79 Å². The fraction of sp³-hybridized carbons (Fsp3) is 0.462. The maximum atomic E-state index is 11.0. The first-order valence-corrected chi connectivity index (χ1v) is 5.99. The van der Waals surface area contributed by atoms with Crippen molar-refractivity contribution in [3.05, 3.63) is 24.3 Å². The van der Waals surface area contributed by atoms with Gasteiger partial charge in [0.25, 0.3) is 0 Å². The molecule has 1 aliphatic rings. The second-order valence-electron chi connectivity index (χ2n) is 4.28. The van der Waals surface area contributed by atoms with Crippen LogP contribution in [0.3, 0.4) is 0 Å². The number of anilines is 1. The Balaban J connectivity index is 1.97. The molecule has 0 aromatic heterocycles. The van der Waals surface area contributed by atoms with Crippen LogP contribution in [0.15, 0.2) is 24.3 Å². The summed E-state index contributed by atoms with van der Waals surface area (Å²) in [6.45, 7) is 3.52. The lowest BCUT2D eigenvalue weighted by molar-refractivity contribution is -0.114. The zero-order valence-electron chi connectivity index (χ0n) is 10.0. The standard InChI is InChI=1S/C13H18N2O2/c1-10(16)15-11-3-2-4-13(9-11)17-12-5-7-14-8-6-12/h2-4,9,12,14H,5-8H2,1H3,(H,15,16). The zero-order chi connectivity index (χ0) is 12.1. The molecule has 1 aromatic rings. The first-order valence-electron chi connectivity index (χ1n) is 5.99. The van der Waals surface area contributed by atoms with Gasteiger partial charge < -0.3 is 15.4 Å². The number of nitrogens with one attached hydrogen (secondary N) is 2. The molecule has 4 nitrogen and oxygen atoms in total. The quantitative estimate of drug-likeness (QED) is 0.838. The minimum absolute atomic E-state index is 0.0657. The average molecular weight is 234 g/mol. The van der Waals surface area contributed by atoms with E-state index in [-0.39, 0.29) is 12.0 Å². The summed E-state index contributed by atoms with van der Waals surface area (Å²) in [7, 11) is 0. The number of carbonyl (C=O) groups is 1. The van der Waals surface area contributed by atoms with Crippen LogP contribution in [0.1, 0.15) is 19.8 Å². The molecule has 1 fully saturated rings. The van der Waals surface area contributed by atoms with E-state index in [4.69, 9.17) is 4.74 Å². The van der Waals surface area contributed by atoms with Crippen molar-refractivity contribution >= 4 is 11.6 Å². The van der Waals surface area contributed by atoms with Gasteiger partial charge in [-0.1, -0.05) is 6.07 Å². The highest BCUT2D eigenvalue weighted by Crippen LogP contribution is 2.20. The Hall–Kier alpha value is -1.55. The molecule has 2 N–H and O–H groups in total.